The van der Waals surface area contributed by atoms with Crippen molar-refractivity contribution in [1.82, 2.24) is 0 Å². The molecule has 0 atom stereocenters. The number of unbranched alkanes of at least 4 members (excludes halogenated alkanes) is 3. The van der Waals surface area contributed by atoms with E-state index in [1.807, 2.05) is 24.3 Å². The zero-order chi connectivity index (χ0) is 11.6. The van der Waals surface area contributed by atoms with Crippen molar-refractivity contribution in [3.63, 3.8) is 0 Å². The summed E-state index contributed by atoms with van der Waals surface area (Å²) in [4.78, 5) is 10.7. The van der Waals surface area contributed by atoms with Crippen molar-refractivity contribution < 1.29 is 4.79 Å². The monoisotopic (exact) mass is 212 g/mol. The fourth-order valence-corrected chi connectivity index (χ4v) is 1.37. The lowest BCUT2D eigenvalue weighted by Gasteiger charge is -1.94. The van der Waals surface area contributed by atoms with Crippen LogP contribution < -0.4 is 0 Å². The van der Waals surface area contributed by atoms with Crippen LogP contribution in [0.15, 0.2) is 36.9 Å². The number of carbonyl (C=O) groups excluding carboxylic acids is 1. The maximum atomic E-state index is 10.7. The molecule has 0 unspecified atom stereocenters. The lowest BCUT2D eigenvalue weighted by molar-refractivity contribution is 0.112. The van der Waals surface area contributed by atoms with E-state index in [0.717, 1.165) is 37.5 Å². The minimum Gasteiger partial charge on any atom is -0.298 e. The molecule has 0 heterocycles. The second-order valence-corrected chi connectivity index (χ2v) is 3.54. The first kappa shape index (κ1) is 12.3. The van der Waals surface area contributed by atoms with Crippen LogP contribution in [0, 0.1) is 11.8 Å². The molecule has 1 heteroatoms. The molecule has 0 saturated heterocycles. The second-order valence-electron chi connectivity index (χ2n) is 3.54. The first-order chi connectivity index (χ1) is 7.88. The van der Waals surface area contributed by atoms with Gasteiger partial charge in [-0.25, -0.2) is 0 Å². The zero-order valence-electron chi connectivity index (χ0n) is 9.41. The quantitative estimate of drug-likeness (QED) is 0.315. The number of aldehydes is 1. The molecule has 1 aromatic carbocycles. The van der Waals surface area contributed by atoms with E-state index in [1.165, 1.54) is 0 Å². The third-order valence-corrected chi connectivity index (χ3v) is 2.27. The summed E-state index contributed by atoms with van der Waals surface area (Å²) in [7, 11) is 0. The van der Waals surface area contributed by atoms with Gasteiger partial charge in [0.1, 0.15) is 0 Å². The molecule has 0 fully saturated rings. The Morgan fingerprint density at radius 2 is 2.06 bits per heavy atom. The SMILES string of the molecule is C=CCCCCC#Cc1ccccc1C=O. The van der Waals surface area contributed by atoms with Crippen molar-refractivity contribution in [2.24, 2.45) is 0 Å². The Balaban J connectivity index is 2.49. The van der Waals surface area contributed by atoms with Gasteiger partial charge < -0.3 is 0 Å². The molecule has 1 aromatic rings. The summed E-state index contributed by atoms with van der Waals surface area (Å²) in [5.41, 5.74) is 1.49. The molecule has 0 bridgehead atoms. The van der Waals surface area contributed by atoms with Gasteiger partial charge in [0.2, 0.25) is 0 Å². The molecular weight excluding hydrogens is 196 g/mol. The molecule has 0 amide bonds. The molecule has 82 valence electrons. The van der Waals surface area contributed by atoms with E-state index in [-0.39, 0.29) is 0 Å². The van der Waals surface area contributed by atoms with Crippen LogP contribution in [-0.2, 0) is 0 Å². The molecule has 0 N–H and O–H groups in total. The summed E-state index contributed by atoms with van der Waals surface area (Å²) in [6, 6.07) is 7.41. The van der Waals surface area contributed by atoms with E-state index in [1.54, 1.807) is 6.07 Å². The highest BCUT2D eigenvalue weighted by molar-refractivity contribution is 5.79. The van der Waals surface area contributed by atoms with Gasteiger partial charge in [0.05, 0.1) is 0 Å². The Morgan fingerprint density at radius 3 is 2.81 bits per heavy atom. The summed E-state index contributed by atoms with van der Waals surface area (Å²) in [5.74, 6) is 6.13. The van der Waals surface area contributed by atoms with Crippen LogP contribution in [0.4, 0.5) is 0 Å². The third-order valence-electron chi connectivity index (χ3n) is 2.27. The van der Waals surface area contributed by atoms with E-state index in [9.17, 15) is 4.79 Å². The van der Waals surface area contributed by atoms with Crippen LogP contribution >= 0.6 is 0 Å². The van der Waals surface area contributed by atoms with E-state index in [0.29, 0.717) is 5.56 Å². The van der Waals surface area contributed by atoms with Gasteiger partial charge in [-0.3, -0.25) is 4.79 Å². The van der Waals surface area contributed by atoms with Gasteiger partial charge >= 0.3 is 0 Å². The predicted octanol–water partition coefficient (Wildman–Crippen LogP) is 3.60. The topological polar surface area (TPSA) is 17.1 Å². The van der Waals surface area contributed by atoms with Gasteiger partial charge in [-0.15, -0.1) is 6.58 Å². The summed E-state index contributed by atoms with van der Waals surface area (Å²) in [6.45, 7) is 3.67. The maximum Gasteiger partial charge on any atom is 0.151 e. The predicted molar refractivity (Wildman–Crippen MR) is 67.4 cm³/mol. The van der Waals surface area contributed by atoms with Crippen molar-refractivity contribution in [3.8, 4) is 11.8 Å². The summed E-state index contributed by atoms with van der Waals surface area (Å²) in [6.07, 6.45) is 6.92. The average molecular weight is 212 g/mol. The molecule has 0 radical (unpaired) electrons. The summed E-state index contributed by atoms with van der Waals surface area (Å²) in [5, 5.41) is 0. The van der Waals surface area contributed by atoms with Crippen LogP contribution in [0.25, 0.3) is 0 Å². The number of carbonyl (C=O) groups is 1. The Kier molecular flexibility index (Phi) is 5.73. The van der Waals surface area contributed by atoms with Crippen LogP contribution in [0.3, 0.4) is 0 Å². The highest BCUT2D eigenvalue weighted by Gasteiger charge is 1.94. The van der Waals surface area contributed by atoms with Crippen molar-refractivity contribution in [3.05, 3.63) is 48.0 Å². The van der Waals surface area contributed by atoms with Crippen molar-refractivity contribution >= 4 is 6.29 Å². The molecule has 0 aliphatic rings. The normalized spacial score (nSPS) is 9.00. The fraction of sp³-hybridized carbons (Fsp3) is 0.267. The molecule has 0 aromatic heterocycles. The summed E-state index contributed by atoms with van der Waals surface area (Å²) < 4.78 is 0. The van der Waals surface area contributed by atoms with E-state index < -0.39 is 0 Å². The van der Waals surface area contributed by atoms with Gasteiger partial charge in [0, 0.05) is 17.5 Å². The molecule has 16 heavy (non-hydrogen) atoms. The minimum absolute atomic E-state index is 0.668. The van der Waals surface area contributed by atoms with Crippen molar-refractivity contribution in [1.29, 1.82) is 0 Å². The molecule has 1 rings (SSSR count). The third kappa shape index (κ3) is 4.14. The van der Waals surface area contributed by atoms with E-state index >= 15 is 0 Å². The molecule has 0 aliphatic carbocycles. The lowest BCUT2D eigenvalue weighted by atomic mass is 10.1. The molecule has 0 spiro atoms. The van der Waals surface area contributed by atoms with Crippen molar-refractivity contribution in [2.75, 3.05) is 0 Å². The Labute approximate surface area is 97.2 Å². The zero-order valence-corrected chi connectivity index (χ0v) is 9.41. The number of hydrogen-bond acceptors (Lipinski definition) is 1. The molecule has 0 saturated carbocycles. The average Bonchev–Trinajstić information content (AvgIpc) is 2.34. The summed E-state index contributed by atoms with van der Waals surface area (Å²) >= 11 is 0. The number of benzene rings is 1. The standard InChI is InChI=1S/C15H16O/c1-2-3-4-5-6-7-10-14-11-8-9-12-15(14)13-16/h2,8-9,11-13H,1,3-6H2. The van der Waals surface area contributed by atoms with Crippen LogP contribution in [0.2, 0.25) is 0 Å². The first-order valence-electron chi connectivity index (χ1n) is 5.52. The maximum absolute atomic E-state index is 10.7. The molecule has 1 nitrogen and oxygen atoms in total. The fourth-order valence-electron chi connectivity index (χ4n) is 1.37. The van der Waals surface area contributed by atoms with E-state index in [2.05, 4.69) is 18.4 Å². The van der Waals surface area contributed by atoms with Crippen molar-refractivity contribution in [2.45, 2.75) is 25.7 Å². The molecule has 0 aliphatic heterocycles. The van der Waals surface area contributed by atoms with Gasteiger partial charge in [-0.2, -0.15) is 0 Å². The van der Waals surface area contributed by atoms with Crippen LogP contribution in [0.1, 0.15) is 41.6 Å². The Morgan fingerprint density at radius 1 is 1.25 bits per heavy atom. The lowest BCUT2D eigenvalue weighted by Crippen LogP contribution is -1.85. The number of rotatable bonds is 5. The highest BCUT2D eigenvalue weighted by atomic mass is 16.1. The van der Waals surface area contributed by atoms with Gasteiger partial charge in [0.15, 0.2) is 6.29 Å². The smallest absolute Gasteiger partial charge is 0.151 e. The molecular formula is C15H16O. The van der Waals surface area contributed by atoms with Crippen LogP contribution in [-0.4, -0.2) is 6.29 Å². The first-order valence-corrected chi connectivity index (χ1v) is 5.52. The van der Waals surface area contributed by atoms with Crippen LogP contribution in [0.5, 0.6) is 0 Å². The minimum atomic E-state index is 0.668. The Hall–Kier alpha value is -1.81. The number of allylic oxidation sites excluding steroid dienone is 1. The largest absolute Gasteiger partial charge is 0.298 e. The van der Waals surface area contributed by atoms with Gasteiger partial charge in [0.25, 0.3) is 0 Å². The van der Waals surface area contributed by atoms with Gasteiger partial charge in [-0.05, 0) is 25.3 Å². The second kappa shape index (κ2) is 7.48. The Bertz CT molecular complexity index is 407. The van der Waals surface area contributed by atoms with E-state index in [4.69, 9.17) is 0 Å². The number of hydrogen-bond donors (Lipinski definition) is 0. The van der Waals surface area contributed by atoms with Gasteiger partial charge in [-0.1, -0.05) is 36.1 Å². The highest BCUT2D eigenvalue weighted by Crippen LogP contribution is 2.04.